The van der Waals surface area contributed by atoms with Crippen LogP contribution in [0.15, 0.2) is 30.3 Å². The van der Waals surface area contributed by atoms with Crippen LogP contribution in [0.3, 0.4) is 0 Å². The molecule has 0 aliphatic heterocycles. The van der Waals surface area contributed by atoms with E-state index in [1.165, 1.54) is 11.3 Å². The van der Waals surface area contributed by atoms with Crippen molar-refractivity contribution in [3.63, 3.8) is 0 Å². The molecule has 21 heavy (non-hydrogen) atoms. The number of unbranched alkanes of at least 4 members (excludes halogenated alkanes) is 2. The third-order valence-corrected chi connectivity index (χ3v) is 3.64. The molecule has 0 aliphatic rings. The Labute approximate surface area is 128 Å². The van der Waals surface area contributed by atoms with Crippen LogP contribution in [0.25, 0.3) is 0 Å². The number of carbonyl (C=O) groups excluding carboxylic acids is 1. The van der Waals surface area contributed by atoms with E-state index < -0.39 is 0 Å². The van der Waals surface area contributed by atoms with Crippen molar-refractivity contribution < 1.29 is 9.53 Å². The third-order valence-electron chi connectivity index (χ3n) is 2.83. The number of nitrogens with zero attached hydrogens (tertiary/aromatic N) is 2. The molecule has 2 aromatic rings. The van der Waals surface area contributed by atoms with E-state index in [1.807, 2.05) is 30.3 Å². The molecule has 0 atom stereocenters. The molecule has 1 aromatic carbocycles. The van der Waals surface area contributed by atoms with Gasteiger partial charge in [0.1, 0.15) is 12.4 Å². The molecular weight excluding hydrogens is 286 g/mol. The van der Waals surface area contributed by atoms with Crippen LogP contribution < -0.4 is 10.1 Å². The van der Waals surface area contributed by atoms with E-state index in [9.17, 15) is 4.79 Å². The second-order valence-corrected chi connectivity index (χ2v) is 5.67. The molecular formula is C15H19N3O2S. The van der Waals surface area contributed by atoms with Gasteiger partial charge in [-0.25, -0.2) is 0 Å². The Kier molecular flexibility index (Phi) is 6.15. The van der Waals surface area contributed by atoms with E-state index in [0.29, 0.717) is 18.2 Å². The van der Waals surface area contributed by atoms with Crippen molar-refractivity contribution in [2.45, 2.75) is 39.2 Å². The molecule has 0 aliphatic carbocycles. The summed E-state index contributed by atoms with van der Waals surface area (Å²) in [4.78, 5) is 11.7. The van der Waals surface area contributed by atoms with Crippen LogP contribution in [0, 0.1) is 0 Å². The number of para-hydroxylation sites is 1. The molecule has 6 heteroatoms. The maximum Gasteiger partial charge on any atom is 0.226 e. The van der Waals surface area contributed by atoms with Crippen LogP contribution in [0.2, 0.25) is 0 Å². The molecule has 1 aromatic heterocycles. The van der Waals surface area contributed by atoms with E-state index in [-0.39, 0.29) is 5.91 Å². The predicted octanol–water partition coefficient (Wildman–Crippen LogP) is 3.64. The first kappa shape index (κ1) is 15.4. The van der Waals surface area contributed by atoms with Crippen molar-refractivity contribution >= 4 is 22.4 Å². The van der Waals surface area contributed by atoms with Gasteiger partial charge in [-0.3, -0.25) is 4.79 Å². The van der Waals surface area contributed by atoms with Gasteiger partial charge in [-0.15, -0.1) is 10.2 Å². The fourth-order valence-electron chi connectivity index (χ4n) is 1.74. The average molecular weight is 305 g/mol. The molecule has 0 fully saturated rings. The Morgan fingerprint density at radius 2 is 2.05 bits per heavy atom. The summed E-state index contributed by atoms with van der Waals surface area (Å²) < 4.78 is 5.59. The molecule has 1 N–H and O–H groups in total. The summed E-state index contributed by atoms with van der Waals surface area (Å²) in [7, 11) is 0. The predicted molar refractivity (Wildman–Crippen MR) is 83.5 cm³/mol. The Morgan fingerprint density at radius 1 is 1.24 bits per heavy atom. The fourth-order valence-corrected chi connectivity index (χ4v) is 2.41. The second kappa shape index (κ2) is 8.36. The normalized spacial score (nSPS) is 10.3. The standard InChI is InChI=1S/C15H19N3O2S/c1-2-3-5-10-13(19)16-15-18-17-14(21-15)11-20-12-8-6-4-7-9-12/h4,6-9H,2-3,5,10-11H2,1H3,(H,16,18,19). The molecule has 0 saturated heterocycles. The first-order valence-corrected chi connectivity index (χ1v) is 7.89. The van der Waals surface area contributed by atoms with Gasteiger partial charge in [0.25, 0.3) is 0 Å². The molecule has 0 saturated carbocycles. The maximum absolute atomic E-state index is 11.7. The van der Waals surface area contributed by atoms with Gasteiger partial charge in [0, 0.05) is 6.42 Å². The molecule has 0 unspecified atom stereocenters. The first-order valence-electron chi connectivity index (χ1n) is 7.08. The van der Waals surface area contributed by atoms with Gasteiger partial charge in [0.05, 0.1) is 0 Å². The van der Waals surface area contributed by atoms with E-state index in [4.69, 9.17) is 4.74 Å². The maximum atomic E-state index is 11.7. The summed E-state index contributed by atoms with van der Waals surface area (Å²) in [5.74, 6) is 0.785. The van der Waals surface area contributed by atoms with Gasteiger partial charge in [0.2, 0.25) is 11.0 Å². The number of benzene rings is 1. The zero-order chi connectivity index (χ0) is 14.9. The van der Waals surface area contributed by atoms with Gasteiger partial charge in [-0.1, -0.05) is 49.3 Å². The lowest BCUT2D eigenvalue weighted by atomic mass is 10.2. The van der Waals surface area contributed by atoms with Crippen molar-refractivity contribution in [1.82, 2.24) is 10.2 Å². The van der Waals surface area contributed by atoms with E-state index in [0.717, 1.165) is 30.0 Å². The van der Waals surface area contributed by atoms with Crippen LogP contribution in [-0.4, -0.2) is 16.1 Å². The minimum atomic E-state index is -0.00451. The minimum absolute atomic E-state index is 0.00451. The molecule has 2 rings (SSSR count). The summed E-state index contributed by atoms with van der Waals surface area (Å²) in [5.41, 5.74) is 0. The Bertz CT molecular complexity index is 557. The van der Waals surface area contributed by atoms with Crippen molar-refractivity contribution in [2.75, 3.05) is 5.32 Å². The monoisotopic (exact) mass is 305 g/mol. The molecule has 112 valence electrons. The largest absolute Gasteiger partial charge is 0.486 e. The number of rotatable bonds is 8. The Balaban J connectivity index is 1.77. The highest BCUT2D eigenvalue weighted by atomic mass is 32.1. The average Bonchev–Trinajstić information content (AvgIpc) is 2.94. The summed E-state index contributed by atoms with van der Waals surface area (Å²) in [6.07, 6.45) is 3.61. The molecule has 5 nitrogen and oxygen atoms in total. The smallest absolute Gasteiger partial charge is 0.226 e. The zero-order valence-corrected chi connectivity index (χ0v) is 12.9. The Morgan fingerprint density at radius 3 is 2.81 bits per heavy atom. The highest BCUT2D eigenvalue weighted by Crippen LogP contribution is 2.18. The van der Waals surface area contributed by atoms with Crippen LogP contribution in [0.5, 0.6) is 5.75 Å². The van der Waals surface area contributed by atoms with Gasteiger partial charge < -0.3 is 10.1 Å². The van der Waals surface area contributed by atoms with E-state index in [2.05, 4.69) is 22.4 Å². The number of anilines is 1. The van der Waals surface area contributed by atoms with Crippen molar-refractivity contribution in [2.24, 2.45) is 0 Å². The second-order valence-electron chi connectivity index (χ2n) is 4.61. The summed E-state index contributed by atoms with van der Waals surface area (Å²) >= 11 is 1.34. The van der Waals surface area contributed by atoms with Gasteiger partial charge in [-0.2, -0.15) is 0 Å². The lowest BCUT2D eigenvalue weighted by molar-refractivity contribution is -0.116. The lowest BCUT2D eigenvalue weighted by Gasteiger charge is -2.02. The van der Waals surface area contributed by atoms with E-state index in [1.54, 1.807) is 0 Å². The third kappa shape index (κ3) is 5.51. The summed E-state index contributed by atoms with van der Waals surface area (Å²) in [5, 5.41) is 12.0. The number of amides is 1. The van der Waals surface area contributed by atoms with Gasteiger partial charge in [0.15, 0.2) is 5.01 Å². The Hall–Kier alpha value is -1.95. The van der Waals surface area contributed by atoms with Crippen molar-refractivity contribution in [3.05, 3.63) is 35.3 Å². The SMILES string of the molecule is CCCCCC(=O)Nc1nnc(COc2ccccc2)s1. The minimum Gasteiger partial charge on any atom is -0.486 e. The number of nitrogens with one attached hydrogen (secondary N) is 1. The lowest BCUT2D eigenvalue weighted by Crippen LogP contribution is -2.10. The van der Waals surface area contributed by atoms with Crippen LogP contribution in [-0.2, 0) is 11.4 Å². The summed E-state index contributed by atoms with van der Waals surface area (Å²) in [6.45, 7) is 2.47. The number of aromatic nitrogens is 2. The van der Waals surface area contributed by atoms with Crippen LogP contribution in [0.4, 0.5) is 5.13 Å². The molecule has 0 bridgehead atoms. The van der Waals surface area contributed by atoms with Crippen LogP contribution >= 0.6 is 11.3 Å². The highest BCUT2D eigenvalue weighted by molar-refractivity contribution is 7.15. The topological polar surface area (TPSA) is 64.1 Å². The molecule has 0 spiro atoms. The number of hydrogen-bond donors (Lipinski definition) is 1. The van der Waals surface area contributed by atoms with E-state index >= 15 is 0 Å². The highest BCUT2D eigenvalue weighted by Gasteiger charge is 2.08. The zero-order valence-electron chi connectivity index (χ0n) is 12.0. The quantitative estimate of drug-likeness (QED) is 0.756. The molecule has 1 heterocycles. The van der Waals surface area contributed by atoms with Crippen molar-refractivity contribution in [3.8, 4) is 5.75 Å². The molecule has 1 amide bonds. The van der Waals surface area contributed by atoms with Crippen LogP contribution in [0.1, 0.15) is 37.6 Å². The number of ether oxygens (including phenoxy) is 1. The molecule has 0 radical (unpaired) electrons. The van der Waals surface area contributed by atoms with Crippen molar-refractivity contribution in [1.29, 1.82) is 0 Å². The van der Waals surface area contributed by atoms with Gasteiger partial charge in [-0.05, 0) is 18.6 Å². The summed E-state index contributed by atoms with van der Waals surface area (Å²) in [6, 6.07) is 9.54. The van der Waals surface area contributed by atoms with Gasteiger partial charge >= 0.3 is 0 Å². The fraction of sp³-hybridized carbons (Fsp3) is 0.400. The number of hydrogen-bond acceptors (Lipinski definition) is 5. The number of carbonyl (C=O) groups is 1. The first-order chi connectivity index (χ1) is 10.3.